The van der Waals surface area contributed by atoms with Crippen LogP contribution in [0.4, 0.5) is 0 Å². The first kappa shape index (κ1) is 17.4. The van der Waals surface area contributed by atoms with Crippen LogP contribution in [0.25, 0.3) is 0 Å². The standard InChI is InChI=1S/2C5H12.H2S/c2*1-3-5-4-2;/h2*3-5H2,1-2H3;1H2. The summed E-state index contributed by atoms with van der Waals surface area (Å²) in [6.07, 6.45) is 8.15. The normalized spacial score (nSPS) is 7.64. The fourth-order valence-electron chi connectivity index (χ4n) is 0.707. The van der Waals surface area contributed by atoms with Gasteiger partial charge in [0.05, 0.1) is 0 Å². The lowest BCUT2D eigenvalue weighted by atomic mass is 10.3. The highest BCUT2D eigenvalue weighted by atomic mass is 32.1. The van der Waals surface area contributed by atoms with Crippen molar-refractivity contribution in [3.63, 3.8) is 0 Å². The van der Waals surface area contributed by atoms with Crippen molar-refractivity contribution in [1.29, 1.82) is 0 Å². The van der Waals surface area contributed by atoms with E-state index >= 15 is 0 Å². The van der Waals surface area contributed by atoms with Gasteiger partial charge in [-0.3, -0.25) is 0 Å². The van der Waals surface area contributed by atoms with E-state index in [1.54, 1.807) is 0 Å². The maximum Gasteiger partial charge on any atom is -0.0538 e. The molecule has 0 unspecified atom stereocenters. The maximum absolute atomic E-state index is 2.21. The molecule has 0 aromatic rings. The second-order valence-electron chi connectivity index (χ2n) is 2.71. The minimum atomic E-state index is 0. The van der Waals surface area contributed by atoms with Gasteiger partial charge in [0.2, 0.25) is 0 Å². The van der Waals surface area contributed by atoms with E-state index in [9.17, 15) is 0 Å². The van der Waals surface area contributed by atoms with Gasteiger partial charge in [0, 0.05) is 0 Å². The highest BCUT2D eigenvalue weighted by Crippen LogP contribution is 1.88. The molecular weight excluding hydrogens is 152 g/mol. The number of unbranched alkanes of at least 4 members (excludes halogenated alkanes) is 4. The SMILES string of the molecule is CCCCC.CCCCC.S. The van der Waals surface area contributed by atoms with Crippen LogP contribution < -0.4 is 0 Å². The van der Waals surface area contributed by atoms with E-state index in [1.807, 2.05) is 0 Å². The minimum absolute atomic E-state index is 0. The van der Waals surface area contributed by atoms with Crippen molar-refractivity contribution >= 4 is 13.5 Å². The van der Waals surface area contributed by atoms with Crippen molar-refractivity contribution in [3.8, 4) is 0 Å². The summed E-state index contributed by atoms with van der Waals surface area (Å²) in [4.78, 5) is 0. The predicted molar refractivity (Wildman–Crippen MR) is 60.8 cm³/mol. The van der Waals surface area contributed by atoms with Crippen molar-refractivity contribution in [2.45, 2.75) is 66.2 Å². The molecule has 0 saturated heterocycles. The van der Waals surface area contributed by atoms with Crippen molar-refractivity contribution in [1.82, 2.24) is 0 Å². The molecule has 0 aromatic carbocycles. The van der Waals surface area contributed by atoms with Crippen LogP contribution in [0.2, 0.25) is 0 Å². The minimum Gasteiger partial charge on any atom is -0.197 e. The van der Waals surface area contributed by atoms with Crippen molar-refractivity contribution in [2.75, 3.05) is 0 Å². The fourth-order valence-corrected chi connectivity index (χ4v) is 0.707. The second kappa shape index (κ2) is 22.4. The maximum atomic E-state index is 2.21. The summed E-state index contributed by atoms with van der Waals surface area (Å²) in [7, 11) is 0. The third-order valence-corrected chi connectivity index (χ3v) is 1.41. The van der Waals surface area contributed by atoms with Gasteiger partial charge in [-0.1, -0.05) is 66.2 Å². The van der Waals surface area contributed by atoms with Crippen LogP contribution in [0.3, 0.4) is 0 Å². The van der Waals surface area contributed by atoms with Gasteiger partial charge in [-0.15, -0.1) is 0 Å². The summed E-state index contributed by atoms with van der Waals surface area (Å²) < 4.78 is 0. The molecule has 11 heavy (non-hydrogen) atoms. The average molecular weight is 178 g/mol. The van der Waals surface area contributed by atoms with Crippen LogP contribution in [0.1, 0.15) is 66.2 Å². The molecule has 0 N–H and O–H groups in total. The molecule has 0 saturated carbocycles. The van der Waals surface area contributed by atoms with E-state index in [1.165, 1.54) is 38.5 Å². The molecule has 0 nitrogen and oxygen atoms in total. The Morgan fingerprint density at radius 2 is 0.727 bits per heavy atom. The first-order valence-electron chi connectivity index (χ1n) is 4.83. The van der Waals surface area contributed by atoms with E-state index in [0.717, 1.165) is 0 Å². The molecule has 0 fully saturated rings. The third kappa shape index (κ3) is 38.1. The summed E-state index contributed by atoms with van der Waals surface area (Å²) in [5, 5.41) is 0. The average Bonchev–Trinajstić information content (AvgIpc) is 1.93. The van der Waals surface area contributed by atoms with Crippen LogP contribution in [0, 0.1) is 0 Å². The number of rotatable bonds is 4. The van der Waals surface area contributed by atoms with Gasteiger partial charge in [-0.25, -0.2) is 0 Å². The Bertz CT molecular complexity index is 25.9. The molecule has 0 aliphatic heterocycles. The smallest absolute Gasteiger partial charge is 0.0538 e. The van der Waals surface area contributed by atoms with Crippen LogP contribution in [-0.4, -0.2) is 0 Å². The Morgan fingerprint density at radius 3 is 0.727 bits per heavy atom. The van der Waals surface area contributed by atoms with E-state index in [0.29, 0.717) is 0 Å². The Kier molecular flexibility index (Phi) is 35.6. The summed E-state index contributed by atoms with van der Waals surface area (Å²) in [6, 6.07) is 0. The molecular formula is C10H26S. The van der Waals surface area contributed by atoms with Gasteiger partial charge >= 0.3 is 0 Å². The molecule has 72 valence electrons. The lowest BCUT2D eigenvalue weighted by molar-refractivity contribution is 0.772. The lowest BCUT2D eigenvalue weighted by Crippen LogP contribution is -1.59. The van der Waals surface area contributed by atoms with Crippen molar-refractivity contribution in [3.05, 3.63) is 0 Å². The quantitative estimate of drug-likeness (QED) is 0.594. The summed E-state index contributed by atoms with van der Waals surface area (Å²) in [5.74, 6) is 0. The van der Waals surface area contributed by atoms with Gasteiger partial charge in [-0.2, -0.15) is 13.5 Å². The van der Waals surface area contributed by atoms with E-state index in [2.05, 4.69) is 27.7 Å². The predicted octanol–water partition coefficient (Wildman–Crippen LogP) is 4.51. The zero-order valence-corrected chi connectivity index (χ0v) is 9.74. The van der Waals surface area contributed by atoms with Gasteiger partial charge < -0.3 is 0 Å². The zero-order valence-electron chi connectivity index (χ0n) is 8.74. The van der Waals surface area contributed by atoms with Crippen molar-refractivity contribution in [2.24, 2.45) is 0 Å². The molecule has 0 radical (unpaired) electrons. The molecule has 1 heteroatoms. The van der Waals surface area contributed by atoms with Gasteiger partial charge in [0.15, 0.2) is 0 Å². The van der Waals surface area contributed by atoms with Crippen LogP contribution in [0.5, 0.6) is 0 Å². The largest absolute Gasteiger partial charge is 0.197 e. The van der Waals surface area contributed by atoms with Crippen LogP contribution >= 0.6 is 13.5 Å². The monoisotopic (exact) mass is 178 g/mol. The molecule has 0 atom stereocenters. The van der Waals surface area contributed by atoms with Gasteiger partial charge in [0.25, 0.3) is 0 Å². The Morgan fingerprint density at radius 1 is 0.545 bits per heavy atom. The number of hydrogen-bond acceptors (Lipinski definition) is 0. The van der Waals surface area contributed by atoms with Gasteiger partial charge in [-0.05, 0) is 0 Å². The van der Waals surface area contributed by atoms with E-state index in [-0.39, 0.29) is 13.5 Å². The zero-order chi connectivity index (χ0) is 8.24. The molecule has 0 bridgehead atoms. The molecule has 0 rings (SSSR count). The van der Waals surface area contributed by atoms with Crippen LogP contribution in [0.15, 0.2) is 0 Å². The Hall–Kier alpha value is 0.350. The van der Waals surface area contributed by atoms with Gasteiger partial charge in [0.1, 0.15) is 0 Å². The third-order valence-electron chi connectivity index (χ3n) is 1.41. The molecule has 0 spiro atoms. The highest BCUT2D eigenvalue weighted by molar-refractivity contribution is 7.59. The topological polar surface area (TPSA) is 0 Å². The van der Waals surface area contributed by atoms with Crippen LogP contribution in [-0.2, 0) is 0 Å². The van der Waals surface area contributed by atoms with E-state index in [4.69, 9.17) is 0 Å². The molecule has 0 aromatic heterocycles. The first-order valence-corrected chi connectivity index (χ1v) is 4.83. The molecule has 0 aliphatic rings. The lowest BCUT2D eigenvalue weighted by Gasteiger charge is -1.79. The van der Waals surface area contributed by atoms with Crippen molar-refractivity contribution < 1.29 is 0 Å². The number of hydrogen-bond donors (Lipinski definition) is 0. The molecule has 0 amide bonds. The fraction of sp³-hybridized carbons (Fsp3) is 1.00. The second-order valence-corrected chi connectivity index (χ2v) is 2.71. The first-order chi connectivity index (χ1) is 4.83. The Balaban J connectivity index is -0.000000107. The molecule has 0 heterocycles. The summed E-state index contributed by atoms with van der Waals surface area (Å²) in [5.41, 5.74) is 0. The highest BCUT2D eigenvalue weighted by Gasteiger charge is 1.68. The molecule has 0 aliphatic carbocycles. The summed E-state index contributed by atoms with van der Waals surface area (Å²) in [6.45, 7) is 8.85. The van der Waals surface area contributed by atoms with E-state index < -0.39 is 0 Å². The Labute approximate surface area is 80.2 Å². The summed E-state index contributed by atoms with van der Waals surface area (Å²) >= 11 is 0.